The minimum Gasteiger partial charge on any atom is -0.385 e. The Morgan fingerprint density at radius 3 is 2.81 bits per heavy atom. The largest absolute Gasteiger partial charge is 0.385 e. The van der Waals surface area contributed by atoms with Crippen LogP contribution in [-0.4, -0.2) is 18.1 Å². The summed E-state index contributed by atoms with van der Waals surface area (Å²) in [5.41, 5.74) is 3.47. The van der Waals surface area contributed by atoms with Gasteiger partial charge in [-0.05, 0) is 37.0 Å². The van der Waals surface area contributed by atoms with Gasteiger partial charge in [-0.2, -0.15) is 0 Å². The van der Waals surface area contributed by atoms with Crippen LogP contribution < -0.4 is 5.32 Å². The topological polar surface area (TPSA) is 34.2 Å². The van der Waals surface area contributed by atoms with Gasteiger partial charge in [-0.25, -0.2) is 0 Å². The van der Waals surface area contributed by atoms with Gasteiger partial charge < -0.3 is 10.1 Å². The van der Waals surface area contributed by atoms with E-state index < -0.39 is 0 Å². The zero-order valence-corrected chi connectivity index (χ0v) is 12.7. The van der Waals surface area contributed by atoms with Gasteiger partial charge in [0.2, 0.25) is 0 Å². The first-order valence-electron chi connectivity index (χ1n) is 7.69. The summed E-state index contributed by atoms with van der Waals surface area (Å²) in [5, 5.41) is 3.36. The summed E-state index contributed by atoms with van der Waals surface area (Å²) < 4.78 is 5.71. The molecule has 0 atom stereocenters. The molecule has 1 heterocycles. The van der Waals surface area contributed by atoms with Crippen molar-refractivity contribution in [2.24, 2.45) is 0 Å². The maximum absolute atomic E-state index is 5.71. The highest BCUT2D eigenvalue weighted by atomic mass is 16.5. The zero-order valence-electron chi connectivity index (χ0n) is 12.7. The predicted octanol–water partition coefficient (Wildman–Crippen LogP) is 4.05. The van der Waals surface area contributed by atoms with Crippen LogP contribution in [-0.2, 0) is 17.8 Å². The second kappa shape index (κ2) is 9.14. The van der Waals surface area contributed by atoms with Crippen molar-refractivity contribution in [3.63, 3.8) is 0 Å². The van der Waals surface area contributed by atoms with Crippen molar-refractivity contribution in [2.75, 3.05) is 18.5 Å². The van der Waals surface area contributed by atoms with Crippen LogP contribution in [0.1, 0.15) is 31.0 Å². The standard InChI is InChI=1S/C18H24N2O/c1-2-11-19-17-10-12-20-18(14-17)15-21-13-6-9-16-7-4-3-5-8-16/h3-5,7-8,10,12,14H,2,6,9,11,13,15H2,1H3,(H,19,20). The Labute approximate surface area is 127 Å². The maximum Gasteiger partial charge on any atom is 0.0888 e. The van der Waals surface area contributed by atoms with Gasteiger partial charge in [0.1, 0.15) is 0 Å². The van der Waals surface area contributed by atoms with Crippen LogP contribution in [0, 0.1) is 0 Å². The lowest BCUT2D eigenvalue weighted by Gasteiger charge is -2.07. The van der Waals surface area contributed by atoms with Crippen molar-refractivity contribution in [1.29, 1.82) is 0 Å². The molecule has 0 unspecified atom stereocenters. The fourth-order valence-corrected chi connectivity index (χ4v) is 2.14. The van der Waals surface area contributed by atoms with Crippen LogP contribution in [0.15, 0.2) is 48.7 Å². The van der Waals surface area contributed by atoms with E-state index in [-0.39, 0.29) is 0 Å². The number of nitrogens with one attached hydrogen (secondary N) is 1. The number of hydrogen-bond acceptors (Lipinski definition) is 3. The van der Waals surface area contributed by atoms with Crippen molar-refractivity contribution in [3.8, 4) is 0 Å². The minimum absolute atomic E-state index is 0.580. The lowest BCUT2D eigenvalue weighted by molar-refractivity contribution is 0.116. The Kier molecular flexibility index (Phi) is 6.75. The minimum atomic E-state index is 0.580. The number of rotatable bonds is 9. The van der Waals surface area contributed by atoms with E-state index in [1.807, 2.05) is 18.3 Å². The van der Waals surface area contributed by atoms with Gasteiger partial charge in [0.15, 0.2) is 0 Å². The average Bonchev–Trinajstić information content (AvgIpc) is 2.54. The molecule has 112 valence electrons. The molecule has 21 heavy (non-hydrogen) atoms. The third-order valence-electron chi connectivity index (χ3n) is 3.24. The third-order valence-corrected chi connectivity index (χ3v) is 3.24. The van der Waals surface area contributed by atoms with Gasteiger partial charge in [-0.1, -0.05) is 37.3 Å². The molecule has 0 bridgehead atoms. The summed E-state index contributed by atoms with van der Waals surface area (Å²) in [6.45, 7) is 4.49. The summed E-state index contributed by atoms with van der Waals surface area (Å²) in [4.78, 5) is 4.34. The van der Waals surface area contributed by atoms with Gasteiger partial charge in [-0.15, -0.1) is 0 Å². The molecule has 0 saturated heterocycles. The molecule has 0 saturated carbocycles. The molecule has 0 aliphatic rings. The Hall–Kier alpha value is -1.87. The van der Waals surface area contributed by atoms with E-state index in [0.717, 1.165) is 43.8 Å². The highest BCUT2D eigenvalue weighted by molar-refractivity contribution is 5.42. The molecule has 0 fully saturated rings. The first-order chi connectivity index (χ1) is 10.4. The van der Waals surface area contributed by atoms with Crippen molar-refractivity contribution >= 4 is 5.69 Å². The number of benzene rings is 1. The van der Waals surface area contributed by atoms with Crippen molar-refractivity contribution in [2.45, 2.75) is 32.8 Å². The van der Waals surface area contributed by atoms with Gasteiger partial charge in [-0.3, -0.25) is 4.98 Å². The van der Waals surface area contributed by atoms with Crippen molar-refractivity contribution in [3.05, 3.63) is 59.9 Å². The zero-order chi connectivity index (χ0) is 14.8. The van der Waals surface area contributed by atoms with E-state index in [1.54, 1.807) is 0 Å². The fraction of sp³-hybridized carbons (Fsp3) is 0.389. The van der Waals surface area contributed by atoms with Crippen LogP contribution >= 0.6 is 0 Å². The van der Waals surface area contributed by atoms with E-state index in [1.165, 1.54) is 5.56 Å². The van der Waals surface area contributed by atoms with E-state index >= 15 is 0 Å². The molecule has 1 aromatic heterocycles. The van der Waals surface area contributed by atoms with E-state index in [2.05, 4.69) is 47.6 Å². The first-order valence-corrected chi connectivity index (χ1v) is 7.69. The van der Waals surface area contributed by atoms with E-state index in [9.17, 15) is 0 Å². The second-order valence-corrected chi connectivity index (χ2v) is 5.10. The number of aryl methyl sites for hydroxylation is 1. The summed E-state index contributed by atoms with van der Waals surface area (Å²) >= 11 is 0. The number of ether oxygens (including phenoxy) is 1. The number of pyridine rings is 1. The van der Waals surface area contributed by atoms with Gasteiger partial charge in [0, 0.05) is 25.0 Å². The highest BCUT2D eigenvalue weighted by Gasteiger charge is 1.98. The van der Waals surface area contributed by atoms with Crippen molar-refractivity contribution < 1.29 is 4.74 Å². The third kappa shape index (κ3) is 5.96. The van der Waals surface area contributed by atoms with Crippen molar-refractivity contribution in [1.82, 2.24) is 4.98 Å². The summed E-state index contributed by atoms with van der Waals surface area (Å²) in [7, 11) is 0. The van der Waals surface area contributed by atoms with Crippen LogP contribution in [0.5, 0.6) is 0 Å². The van der Waals surface area contributed by atoms with Crippen LogP contribution in [0.25, 0.3) is 0 Å². The first kappa shape index (κ1) is 15.5. The normalized spacial score (nSPS) is 10.5. The molecule has 1 aromatic carbocycles. The Balaban J connectivity index is 1.66. The van der Waals surface area contributed by atoms with E-state index in [0.29, 0.717) is 6.61 Å². The summed E-state index contributed by atoms with van der Waals surface area (Å²) in [6, 6.07) is 14.6. The van der Waals surface area contributed by atoms with E-state index in [4.69, 9.17) is 4.74 Å². The van der Waals surface area contributed by atoms with Gasteiger partial charge in [0.25, 0.3) is 0 Å². The molecule has 3 heteroatoms. The monoisotopic (exact) mass is 284 g/mol. The lowest BCUT2D eigenvalue weighted by atomic mass is 10.1. The lowest BCUT2D eigenvalue weighted by Crippen LogP contribution is -2.03. The molecule has 2 aromatic rings. The van der Waals surface area contributed by atoms with Crippen LogP contribution in [0.2, 0.25) is 0 Å². The summed E-state index contributed by atoms with van der Waals surface area (Å²) in [6.07, 6.45) is 5.05. The SMILES string of the molecule is CCCNc1ccnc(COCCCc2ccccc2)c1. The molecule has 1 N–H and O–H groups in total. The highest BCUT2D eigenvalue weighted by Crippen LogP contribution is 2.09. The molecule has 0 aliphatic heterocycles. The molecule has 2 rings (SSSR count). The average molecular weight is 284 g/mol. The number of anilines is 1. The molecular formula is C18H24N2O. The predicted molar refractivity (Wildman–Crippen MR) is 87.4 cm³/mol. The molecule has 0 spiro atoms. The summed E-state index contributed by atoms with van der Waals surface area (Å²) in [5.74, 6) is 0. The quantitative estimate of drug-likeness (QED) is 0.705. The van der Waals surface area contributed by atoms with Crippen LogP contribution in [0.4, 0.5) is 5.69 Å². The van der Waals surface area contributed by atoms with Gasteiger partial charge in [0.05, 0.1) is 12.3 Å². The van der Waals surface area contributed by atoms with Crippen LogP contribution in [0.3, 0.4) is 0 Å². The maximum atomic E-state index is 5.71. The molecule has 0 radical (unpaired) electrons. The number of hydrogen-bond donors (Lipinski definition) is 1. The fourth-order valence-electron chi connectivity index (χ4n) is 2.14. The molecule has 0 amide bonds. The Bertz CT molecular complexity index is 514. The number of nitrogens with zero attached hydrogens (tertiary/aromatic N) is 1. The Morgan fingerprint density at radius 1 is 1.14 bits per heavy atom. The second-order valence-electron chi connectivity index (χ2n) is 5.10. The Morgan fingerprint density at radius 2 is 2.00 bits per heavy atom. The number of aromatic nitrogens is 1. The smallest absolute Gasteiger partial charge is 0.0888 e. The van der Waals surface area contributed by atoms with Gasteiger partial charge >= 0.3 is 0 Å². The molecular weight excluding hydrogens is 260 g/mol. The molecule has 3 nitrogen and oxygen atoms in total. The molecule has 0 aliphatic carbocycles.